The van der Waals surface area contributed by atoms with Crippen LogP contribution in [0.1, 0.15) is 41.0 Å². The minimum Gasteiger partial charge on any atom is -0.495 e. The summed E-state index contributed by atoms with van der Waals surface area (Å²) in [5.41, 5.74) is 7.83. The van der Waals surface area contributed by atoms with E-state index in [1.807, 2.05) is 0 Å². The molecule has 7 heteroatoms. The van der Waals surface area contributed by atoms with Crippen molar-refractivity contribution < 1.29 is 14.3 Å². The van der Waals surface area contributed by atoms with Crippen LogP contribution in [0.2, 0.25) is 0 Å². The highest BCUT2D eigenvalue weighted by Gasteiger charge is 2.10. The van der Waals surface area contributed by atoms with Gasteiger partial charge in [-0.05, 0) is 68.5 Å². The number of hydrogen-bond acceptors (Lipinski definition) is 5. The normalized spacial score (nSPS) is 10.6. The van der Waals surface area contributed by atoms with Crippen LogP contribution in [0.4, 0.5) is 11.4 Å². The molecule has 0 saturated heterocycles. The van der Waals surface area contributed by atoms with E-state index in [0.717, 1.165) is 26.1 Å². The Kier molecular flexibility index (Phi) is 8.48. The van der Waals surface area contributed by atoms with Gasteiger partial charge in [-0.1, -0.05) is 13.8 Å². The minimum atomic E-state index is -0.284. The largest absolute Gasteiger partial charge is 0.495 e. The maximum atomic E-state index is 12.4. The number of anilines is 2. The molecule has 29 heavy (non-hydrogen) atoms. The van der Waals surface area contributed by atoms with Gasteiger partial charge in [0.15, 0.2) is 0 Å². The second kappa shape index (κ2) is 11.1. The van der Waals surface area contributed by atoms with Crippen molar-refractivity contribution in [3.05, 3.63) is 53.6 Å². The Labute approximate surface area is 172 Å². The van der Waals surface area contributed by atoms with Crippen LogP contribution < -0.4 is 21.1 Å². The van der Waals surface area contributed by atoms with Crippen LogP contribution in [0.3, 0.4) is 0 Å². The van der Waals surface area contributed by atoms with Crippen LogP contribution in [0, 0.1) is 0 Å². The third kappa shape index (κ3) is 6.50. The molecule has 0 spiro atoms. The summed E-state index contributed by atoms with van der Waals surface area (Å²) < 4.78 is 5.09. The lowest BCUT2D eigenvalue weighted by molar-refractivity contribution is 0.0951. The van der Waals surface area contributed by atoms with Crippen LogP contribution in [-0.4, -0.2) is 50.0 Å². The van der Waals surface area contributed by atoms with Crippen molar-refractivity contribution >= 4 is 23.2 Å². The highest BCUT2D eigenvalue weighted by atomic mass is 16.5. The number of carbonyl (C=O) groups is 2. The highest BCUT2D eigenvalue weighted by Crippen LogP contribution is 2.22. The summed E-state index contributed by atoms with van der Waals surface area (Å²) >= 11 is 0. The van der Waals surface area contributed by atoms with E-state index in [-0.39, 0.29) is 11.8 Å². The van der Waals surface area contributed by atoms with E-state index in [1.165, 1.54) is 7.11 Å². The van der Waals surface area contributed by atoms with Crippen LogP contribution >= 0.6 is 0 Å². The molecule has 0 heterocycles. The lowest BCUT2D eigenvalue weighted by Gasteiger charge is -2.17. The molecule has 2 amide bonds. The number of nitrogens with two attached hydrogens (primary N) is 1. The molecule has 0 unspecified atom stereocenters. The van der Waals surface area contributed by atoms with Crippen molar-refractivity contribution in [1.29, 1.82) is 0 Å². The van der Waals surface area contributed by atoms with Gasteiger partial charge in [-0.3, -0.25) is 9.59 Å². The van der Waals surface area contributed by atoms with Crippen LogP contribution in [0.25, 0.3) is 0 Å². The van der Waals surface area contributed by atoms with Crippen molar-refractivity contribution in [1.82, 2.24) is 10.2 Å². The topological polar surface area (TPSA) is 96.7 Å². The fourth-order valence-electron chi connectivity index (χ4n) is 2.93. The Balaban J connectivity index is 1.87. The second-order valence-corrected chi connectivity index (χ2v) is 6.62. The van der Waals surface area contributed by atoms with Gasteiger partial charge in [0.25, 0.3) is 11.8 Å². The molecular weight excluding hydrogens is 368 g/mol. The van der Waals surface area contributed by atoms with E-state index < -0.39 is 0 Å². The molecule has 0 bridgehead atoms. The smallest absolute Gasteiger partial charge is 0.255 e. The van der Waals surface area contributed by atoms with Gasteiger partial charge in [0.1, 0.15) is 5.75 Å². The number of benzene rings is 2. The average molecular weight is 399 g/mol. The fraction of sp³-hybridized carbons (Fsp3) is 0.364. The first kappa shape index (κ1) is 22.2. The number of ether oxygens (including phenoxy) is 1. The van der Waals surface area contributed by atoms with E-state index in [4.69, 9.17) is 10.5 Å². The van der Waals surface area contributed by atoms with Gasteiger partial charge in [-0.15, -0.1) is 0 Å². The first-order chi connectivity index (χ1) is 14.0. The van der Waals surface area contributed by atoms with Gasteiger partial charge in [-0.25, -0.2) is 0 Å². The summed E-state index contributed by atoms with van der Waals surface area (Å²) in [6.45, 7) is 7.89. The van der Waals surface area contributed by atoms with Crippen molar-refractivity contribution in [3.63, 3.8) is 0 Å². The summed E-state index contributed by atoms with van der Waals surface area (Å²) in [5.74, 6) is 0.118. The molecular formula is C22H30N4O3. The Morgan fingerprint density at radius 1 is 1.00 bits per heavy atom. The van der Waals surface area contributed by atoms with Crippen LogP contribution in [0.15, 0.2) is 42.5 Å². The molecule has 4 N–H and O–H groups in total. The highest BCUT2D eigenvalue weighted by molar-refractivity contribution is 6.05. The van der Waals surface area contributed by atoms with Gasteiger partial charge in [-0.2, -0.15) is 0 Å². The quantitative estimate of drug-likeness (QED) is 0.422. The number of amides is 2. The lowest BCUT2D eigenvalue weighted by Crippen LogP contribution is -2.29. The zero-order chi connectivity index (χ0) is 21.2. The number of hydrogen-bond donors (Lipinski definition) is 3. The van der Waals surface area contributed by atoms with E-state index >= 15 is 0 Å². The predicted octanol–water partition coefficient (Wildman–Crippen LogP) is 2.99. The van der Waals surface area contributed by atoms with Crippen molar-refractivity contribution in [2.45, 2.75) is 20.3 Å². The summed E-state index contributed by atoms with van der Waals surface area (Å²) in [6.07, 6.45) is 0.909. The second-order valence-electron chi connectivity index (χ2n) is 6.62. The lowest BCUT2D eigenvalue weighted by atomic mass is 10.1. The van der Waals surface area contributed by atoms with Gasteiger partial charge in [0, 0.05) is 23.4 Å². The van der Waals surface area contributed by atoms with Crippen LogP contribution in [-0.2, 0) is 0 Å². The summed E-state index contributed by atoms with van der Waals surface area (Å²) in [7, 11) is 1.52. The van der Waals surface area contributed by atoms with Gasteiger partial charge >= 0.3 is 0 Å². The van der Waals surface area contributed by atoms with Crippen molar-refractivity contribution in [2.24, 2.45) is 0 Å². The Morgan fingerprint density at radius 3 is 2.24 bits per heavy atom. The number of nitrogen functional groups attached to an aromatic ring is 1. The maximum absolute atomic E-state index is 12.4. The van der Waals surface area contributed by atoms with Crippen LogP contribution in [0.5, 0.6) is 5.75 Å². The molecule has 0 radical (unpaired) electrons. The monoisotopic (exact) mass is 398 g/mol. The molecule has 156 valence electrons. The van der Waals surface area contributed by atoms with Gasteiger partial charge < -0.3 is 26.0 Å². The third-order valence-electron chi connectivity index (χ3n) is 4.73. The zero-order valence-electron chi connectivity index (χ0n) is 17.3. The minimum absolute atomic E-state index is 0.120. The molecule has 0 atom stereocenters. The molecule has 0 aliphatic rings. The molecule has 0 saturated carbocycles. The summed E-state index contributed by atoms with van der Waals surface area (Å²) in [4.78, 5) is 26.9. The number of rotatable bonds is 10. The van der Waals surface area contributed by atoms with E-state index in [1.54, 1.807) is 42.5 Å². The third-order valence-corrected chi connectivity index (χ3v) is 4.73. The van der Waals surface area contributed by atoms with E-state index in [9.17, 15) is 9.59 Å². The molecule has 7 nitrogen and oxygen atoms in total. The maximum Gasteiger partial charge on any atom is 0.255 e. The number of carbonyl (C=O) groups excluding carboxylic acids is 2. The number of methoxy groups -OCH3 is 1. The average Bonchev–Trinajstić information content (AvgIpc) is 2.74. The van der Waals surface area contributed by atoms with Crippen molar-refractivity contribution in [2.75, 3.05) is 44.3 Å². The van der Waals surface area contributed by atoms with Crippen molar-refractivity contribution in [3.8, 4) is 5.75 Å². The zero-order valence-corrected chi connectivity index (χ0v) is 17.3. The Bertz CT molecular complexity index is 817. The molecule has 2 aromatic carbocycles. The Hall–Kier alpha value is -3.06. The number of nitrogens with one attached hydrogen (secondary N) is 2. The van der Waals surface area contributed by atoms with Gasteiger partial charge in [0.2, 0.25) is 0 Å². The fourth-order valence-corrected chi connectivity index (χ4v) is 2.93. The van der Waals surface area contributed by atoms with Gasteiger partial charge in [0.05, 0.1) is 12.8 Å². The first-order valence-electron chi connectivity index (χ1n) is 9.84. The Morgan fingerprint density at radius 2 is 1.66 bits per heavy atom. The standard InChI is InChI=1S/C22H30N4O3/c1-4-26(5-2)14-6-13-24-21(27)16-7-10-18(11-8-16)25-22(28)17-9-12-20(29-3)19(23)15-17/h7-12,15H,4-6,13-14,23H2,1-3H3,(H,24,27)(H,25,28). The predicted molar refractivity (Wildman–Crippen MR) is 117 cm³/mol. The van der Waals surface area contributed by atoms with E-state index in [0.29, 0.717) is 34.8 Å². The number of nitrogens with zero attached hydrogens (tertiary/aromatic N) is 1. The van der Waals surface area contributed by atoms with E-state index in [2.05, 4.69) is 29.4 Å². The molecule has 2 aromatic rings. The molecule has 0 fully saturated rings. The summed E-state index contributed by atoms with van der Waals surface area (Å²) in [6, 6.07) is 11.7. The molecule has 0 aliphatic carbocycles. The molecule has 2 rings (SSSR count). The first-order valence-corrected chi connectivity index (χ1v) is 9.84. The molecule has 0 aliphatic heterocycles. The SMILES string of the molecule is CCN(CC)CCCNC(=O)c1ccc(NC(=O)c2ccc(OC)c(N)c2)cc1. The molecule has 0 aromatic heterocycles. The summed E-state index contributed by atoms with van der Waals surface area (Å²) in [5, 5.41) is 5.72.